The van der Waals surface area contributed by atoms with Gasteiger partial charge in [0.05, 0.1) is 30.4 Å². The van der Waals surface area contributed by atoms with E-state index in [2.05, 4.69) is 4.18 Å². The number of alkyl halides is 2. The molecule has 0 aliphatic carbocycles. The molecule has 224 valence electrons. The van der Waals surface area contributed by atoms with Crippen LogP contribution in [0, 0.1) is 0 Å². The van der Waals surface area contributed by atoms with Crippen LogP contribution >= 0.6 is 0 Å². The molecule has 5 rings (SSSR count). The average Bonchev–Trinajstić information content (AvgIpc) is 3.24. The number of benzene rings is 4. The first-order chi connectivity index (χ1) is 20.6. The van der Waals surface area contributed by atoms with Crippen molar-refractivity contribution in [2.75, 3.05) is 19.5 Å². The summed E-state index contributed by atoms with van der Waals surface area (Å²) in [6.45, 7) is -0.465. The molecule has 1 aliphatic rings. The summed E-state index contributed by atoms with van der Waals surface area (Å²) < 4.78 is 76.0. The average molecular weight is 609 g/mol. The van der Waals surface area contributed by atoms with Crippen molar-refractivity contribution in [3.8, 4) is 0 Å². The molecule has 4 aromatic carbocycles. The molecule has 0 N–H and O–H groups in total. The Morgan fingerprint density at radius 2 is 1.23 bits per heavy atom. The third-order valence-corrected chi connectivity index (χ3v) is 7.76. The van der Waals surface area contributed by atoms with Crippen molar-refractivity contribution in [2.45, 2.75) is 29.8 Å². The molecule has 1 saturated heterocycles. The van der Waals surface area contributed by atoms with Gasteiger partial charge in [-0.15, -0.1) is 0 Å². The van der Waals surface area contributed by atoms with Crippen LogP contribution < -0.4 is 0 Å². The van der Waals surface area contributed by atoms with Gasteiger partial charge in [0.25, 0.3) is 10.1 Å². The predicted octanol–water partition coefficient (Wildman–Crippen LogP) is 5.60. The molecule has 43 heavy (non-hydrogen) atoms. The predicted molar refractivity (Wildman–Crippen MR) is 155 cm³/mol. The summed E-state index contributed by atoms with van der Waals surface area (Å²) >= 11 is 0. The fourth-order valence-electron chi connectivity index (χ4n) is 5.23. The Hall–Kier alpha value is -3.96. The van der Waals surface area contributed by atoms with Crippen LogP contribution in [-0.4, -0.2) is 58.3 Å². The number of rotatable bonds is 11. The van der Waals surface area contributed by atoms with Gasteiger partial charge in [-0.2, -0.15) is 17.2 Å². The van der Waals surface area contributed by atoms with Crippen molar-refractivity contribution in [1.82, 2.24) is 0 Å². The highest BCUT2D eigenvalue weighted by atomic mass is 32.2. The maximum atomic E-state index is 15.5. The molecule has 1 aliphatic heterocycles. The third kappa shape index (κ3) is 6.67. The summed E-state index contributed by atoms with van der Waals surface area (Å²) in [5.41, 5.74) is 1.88. The van der Waals surface area contributed by atoms with Crippen molar-refractivity contribution in [3.63, 3.8) is 0 Å². The van der Waals surface area contributed by atoms with Gasteiger partial charge in [0, 0.05) is 0 Å². The van der Waals surface area contributed by atoms with E-state index in [9.17, 15) is 13.2 Å². The quantitative estimate of drug-likeness (QED) is 0.124. The number of hydrogen-bond donors (Lipinski definition) is 0. The van der Waals surface area contributed by atoms with Crippen molar-refractivity contribution in [1.29, 1.82) is 0 Å². The van der Waals surface area contributed by atoms with Crippen LogP contribution in [0.25, 0.3) is 0 Å². The lowest BCUT2D eigenvalue weighted by atomic mass is 9.70. The van der Waals surface area contributed by atoms with Gasteiger partial charge in [0.15, 0.2) is 6.10 Å². The lowest BCUT2D eigenvalue weighted by Gasteiger charge is -2.36. The molecule has 0 spiro atoms. The van der Waals surface area contributed by atoms with Crippen LogP contribution in [0.3, 0.4) is 0 Å². The van der Waals surface area contributed by atoms with Crippen molar-refractivity contribution < 1.29 is 40.4 Å². The van der Waals surface area contributed by atoms with E-state index in [0.717, 1.165) is 16.7 Å². The largest absolute Gasteiger partial charge is 0.449 e. The molecular formula is C33H30F2O7S. The molecule has 3 atom stereocenters. The normalized spacial score (nSPS) is 20.0. The van der Waals surface area contributed by atoms with E-state index < -0.39 is 52.5 Å². The monoisotopic (exact) mass is 608 g/mol. The minimum atomic E-state index is -4.34. The maximum absolute atomic E-state index is 15.5. The zero-order valence-electron chi connectivity index (χ0n) is 23.2. The Morgan fingerprint density at radius 3 is 1.67 bits per heavy atom. The fraction of sp³-hybridized carbons (Fsp3) is 0.242. The number of esters is 1. The molecule has 0 aromatic heterocycles. The Bertz CT molecular complexity index is 1510. The highest BCUT2D eigenvalue weighted by Gasteiger charge is 2.63. The Balaban J connectivity index is 1.47. The van der Waals surface area contributed by atoms with E-state index in [-0.39, 0.29) is 12.2 Å². The molecule has 10 heteroatoms. The first-order valence-electron chi connectivity index (χ1n) is 13.5. The van der Waals surface area contributed by atoms with Gasteiger partial charge in [-0.25, -0.2) is 8.98 Å². The Kier molecular flexibility index (Phi) is 9.03. The van der Waals surface area contributed by atoms with E-state index in [4.69, 9.17) is 14.2 Å². The van der Waals surface area contributed by atoms with E-state index in [1.54, 1.807) is 18.2 Å². The van der Waals surface area contributed by atoms with Crippen LogP contribution in [0.2, 0.25) is 0 Å². The van der Waals surface area contributed by atoms with Crippen LogP contribution in [0.15, 0.2) is 121 Å². The second kappa shape index (κ2) is 12.7. The summed E-state index contributed by atoms with van der Waals surface area (Å²) in [5, 5.41) is 0. The SMILES string of the molecule is CS(=O)(=O)OC1O[C@H](COCC(c2ccccc2)(c2ccccc2)c2ccccc2)[C@@H](OC(=O)c2ccccc2)C1(F)F. The highest BCUT2D eigenvalue weighted by Crippen LogP contribution is 2.42. The fourth-order valence-corrected chi connectivity index (χ4v) is 5.72. The molecule has 4 aromatic rings. The first-order valence-corrected chi connectivity index (χ1v) is 15.3. The van der Waals surface area contributed by atoms with Crippen molar-refractivity contribution in [3.05, 3.63) is 144 Å². The van der Waals surface area contributed by atoms with Gasteiger partial charge in [-0.1, -0.05) is 109 Å². The van der Waals surface area contributed by atoms with Crippen LogP contribution in [-0.2, 0) is 33.9 Å². The molecule has 1 unspecified atom stereocenters. The number of carbonyl (C=O) groups excluding carboxylic acids is 1. The molecule has 0 amide bonds. The molecule has 0 bridgehead atoms. The van der Waals surface area contributed by atoms with Crippen molar-refractivity contribution in [2.24, 2.45) is 0 Å². The number of carbonyl (C=O) groups is 1. The number of halogens is 2. The van der Waals surface area contributed by atoms with Gasteiger partial charge in [-0.3, -0.25) is 0 Å². The topological polar surface area (TPSA) is 88.1 Å². The van der Waals surface area contributed by atoms with Gasteiger partial charge >= 0.3 is 11.9 Å². The minimum absolute atomic E-state index is 0.00652. The summed E-state index contributed by atoms with van der Waals surface area (Å²) in [7, 11) is -4.34. The Labute approximate surface area is 249 Å². The van der Waals surface area contributed by atoms with Gasteiger partial charge in [0.1, 0.15) is 6.10 Å². The zero-order valence-corrected chi connectivity index (χ0v) is 24.0. The second-order valence-electron chi connectivity index (χ2n) is 10.2. The molecular weight excluding hydrogens is 578 g/mol. The van der Waals surface area contributed by atoms with Gasteiger partial charge < -0.3 is 14.2 Å². The summed E-state index contributed by atoms with van der Waals surface area (Å²) in [4.78, 5) is 12.8. The highest BCUT2D eigenvalue weighted by molar-refractivity contribution is 7.86. The number of ether oxygens (including phenoxy) is 3. The standard InChI is InChI=1S/C33H30F2O7S/c1-43(37,38)42-31-33(34,35)29(41-30(36)24-14-6-2-7-15-24)28(40-31)22-39-23-32(25-16-8-3-9-17-25,26-18-10-4-11-19-26)27-20-12-5-13-21-27/h2-21,28-29,31H,22-23H2,1H3/t28-,29-,31?/m1/s1. The van der Waals surface area contributed by atoms with Gasteiger partial charge in [-0.05, 0) is 28.8 Å². The molecule has 7 nitrogen and oxygen atoms in total. The molecule has 1 heterocycles. The van der Waals surface area contributed by atoms with Crippen LogP contribution in [0.5, 0.6) is 0 Å². The minimum Gasteiger partial charge on any atom is -0.449 e. The molecule has 0 radical (unpaired) electrons. The van der Waals surface area contributed by atoms with E-state index in [1.807, 2.05) is 91.0 Å². The Morgan fingerprint density at radius 1 is 0.791 bits per heavy atom. The van der Waals surface area contributed by atoms with Crippen molar-refractivity contribution >= 4 is 16.1 Å². The summed E-state index contributed by atoms with van der Waals surface area (Å²) in [5.74, 6) is -5.03. The summed E-state index contributed by atoms with van der Waals surface area (Å²) in [6, 6.07) is 36.5. The van der Waals surface area contributed by atoms with E-state index >= 15 is 8.78 Å². The maximum Gasteiger partial charge on any atom is 0.338 e. The molecule has 1 fully saturated rings. The first kappa shape index (κ1) is 30.5. The zero-order chi connectivity index (χ0) is 30.5. The second-order valence-corrected chi connectivity index (χ2v) is 11.8. The summed E-state index contributed by atoms with van der Waals surface area (Å²) in [6.07, 6.45) is -5.61. The van der Waals surface area contributed by atoms with Crippen LogP contribution in [0.1, 0.15) is 27.0 Å². The van der Waals surface area contributed by atoms with Gasteiger partial charge in [0.2, 0.25) is 6.29 Å². The lowest BCUT2D eigenvalue weighted by molar-refractivity contribution is -0.183. The van der Waals surface area contributed by atoms with E-state index in [0.29, 0.717) is 6.26 Å². The van der Waals surface area contributed by atoms with Crippen LogP contribution in [0.4, 0.5) is 8.78 Å². The molecule has 0 saturated carbocycles. The lowest BCUT2D eigenvalue weighted by Crippen LogP contribution is -2.45. The smallest absolute Gasteiger partial charge is 0.338 e. The number of hydrogen-bond acceptors (Lipinski definition) is 7. The third-order valence-electron chi connectivity index (χ3n) is 7.24. The van der Waals surface area contributed by atoms with E-state index in [1.165, 1.54) is 12.1 Å².